The van der Waals surface area contributed by atoms with Crippen molar-refractivity contribution in [2.45, 2.75) is 38.5 Å². The highest BCUT2D eigenvalue weighted by Gasteiger charge is 2.32. The molecule has 0 unspecified atom stereocenters. The number of urea groups is 1. The number of nitrogens with zero attached hydrogens (tertiary/aromatic N) is 4. The van der Waals surface area contributed by atoms with Crippen LogP contribution in [0.15, 0.2) is 0 Å². The largest absolute Gasteiger partial charge is 0.326 e. The van der Waals surface area contributed by atoms with Gasteiger partial charge in [0.1, 0.15) is 5.01 Å². The molecule has 5 nitrogen and oxygen atoms in total. The van der Waals surface area contributed by atoms with Crippen LogP contribution >= 0.6 is 11.3 Å². The van der Waals surface area contributed by atoms with E-state index >= 15 is 0 Å². The number of amides is 2. The third-order valence-corrected chi connectivity index (χ3v) is 4.81. The molecule has 0 bridgehead atoms. The highest BCUT2D eigenvalue weighted by molar-refractivity contribution is 7.15. The summed E-state index contributed by atoms with van der Waals surface area (Å²) in [6, 6.07) is 0.0909. The van der Waals surface area contributed by atoms with Crippen LogP contribution in [0.25, 0.3) is 0 Å². The van der Waals surface area contributed by atoms with Crippen molar-refractivity contribution in [1.82, 2.24) is 15.1 Å². The summed E-state index contributed by atoms with van der Waals surface area (Å²) in [6.45, 7) is 4.49. The van der Waals surface area contributed by atoms with Crippen LogP contribution in [0, 0.1) is 0 Å². The van der Waals surface area contributed by atoms with Gasteiger partial charge in [0.25, 0.3) is 0 Å². The molecule has 3 rings (SSSR count). The molecule has 1 aromatic heterocycles. The normalized spacial score (nSPS) is 20.6. The molecule has 2 aliphatic rings. The lowest BCUT2D eigenvalue weighted by Gasteiger charge is -2.21. The average Bonchev–Trinajstić information content (AvgIpc) is 2.86. The molecule has 0 N–H and O–H groups in total. The molecule has 2 fully saturated rings. The molecule has 0 atom stereocenters. The van der Waals surface area contributed by atoms with Crippen molar-refractivity contribution in [3.8, 4) is 0 Å². The van der Waals surface area contributed by atoms with Crippen molar-refractivity contribution in [1.29, 1.82) is 0 Å². The van der Waals surface area contributed by atoms with Gasteiger partial charge in [-0.15, -0.1) is 10.2 Å². The molecular formula is C12H18N4OS. The first-order valence-corrected chi connectivity index (χ1v) is 7.51. The van der Waals surface area contributed by atoms with Crippen LogP contribution in [0.4, 0.5) is 9.93 Å². The smallest absolute Gasteiger partial charge is 0.323 e. The second-order valence-corrected chi connectivity index (χ2v) is 5.96. The maximum absolute atomic E-state index is 12.1. The van der Waals surface area contributed by atoms with Crippen molar-refractivity contribution in [2.75, 3.05) is 24.5 Å². The Balaban J connectivity index is 1.71. The molecule has 98 valence electrons. The van der Waals surface area contributed by atoms with Crippen molar-refractivity contribution >= 4 is 22.5 Å². The van der Waals surface area contributed by atoms with Gasteiger partial charge in [-0.25, -0.2) is 4.79 Å². The fourth-order valence-electron chi connectivity index (χ4n) is 2.39. The number of carbonyl (C=O) groups excluding carboxylic acids is 1. The van der Waals surface area contributed by atoms with Crippen molar-refractivity contribution < 1.29 is 4.79 Å². The zero-order valence-electron chi connectivity index (χ0n) is 10.6. The van der Waals surface area contributed by atoms with E-state index in [2.05, 4.69) is 17.1 Å². The second kappa shape index (κ2) is 4.84. The molecule has 0 radical (unpaired) electrons. The fraction of sp³-hybridized carbons (Fsp3) is 0.750. The Morgan fingerprint density at radius 1 is 1.33 bits per heavy atom. The first-order valence-electron chi connectivity index (χ1n) is 6.69. The Morgan fingerprint density at radius 2 is 2.17 bits per heavy atom. The van der Waals surface area contributed by atoms with Crippen LogP contribution in [0.1, 0.15) is 43.5 Å². The molecule has 1 aliphatic carbocycles. The lowest BCUT2D eigenvalue weighted by atomic mass is 9.86. The van der Waals surface area contributed by atoms with E-state index in [0.717, 1.165) is 36.2 Å². The summed E-state index contributed by atoms with van der Waals surface area (Å²) in [5.41, 5.74) is 0. The number of hydrogen-bond acceptors (Lipinski definition) is 4. The monoisotopic (exact) mass is 266 g/mol. The minimum absolute atomic E-state index is 0.0909. The molecule has 0 aromatic carbocycles. The molecule has 2 heterocycles. The Bertz CT molecular complexity index is 443. The Labute approximate surface area is 111 Å². The van der Waals surface area contributed by atoms with E-state index in [-0.39, 0.29) is 6.03 Å². The third-order valence-electron chi connectivity index (χ3n) is 3.70. The molecule has 2 amide bonds. The van der Waals surface area contributed by atoms with E-state index in [1.165, 1.54) is 19.3 Å². The topological polar surface area (TPSA) is 49.3 Å². The van der Waals surface area contributed by atoms with Gasteiger partial charge < -0.3 is 4.90 Å². The number of carbonyl (C=O) groups is 1. The first kappa shape index (κ1) is 11.9. The first-order chi connectivity index (χ1) is 8.79. The predicted octanol–water partition coefficient (Wildman–Crippen LogP) is 2.46. The van der Waals surface area contributed by atoms with Crippen LogP contribution in [0.3, 0.4) is 0 Å². The van der Waals surface area contributed by atoms with Gasteiger partial charge in [0, 0.05) is 25.6 Å². The average molecular weight is 266 g/mol. The van der Waals surface area contributed by atoms with Gasteiger partial charge in [0.15, 0.2) is 0 Å². The number of hydrogen-bond donors (Lipinski definition) is 0. The van der Waals surface area contributed by atoms with Crippen molar-refractivity contribution in [2.24, 2.45) is 0 Å². The van der Waals surface area contributed by atoms with Gasteiger partial charge in [-0.2, -0.15) is 0 Å². The summed E-state index contributed by atoms with van der Waals surface area (Å²) < 4.78 is 0. The standard InChI is InChI=1S/C12H18N4OS/c1-2-6-15-7-8-16(12(15)17)11-14-13-10(18-11)9-4-3-5-9/h9H,2-8H2,1H3. The number of aromatic nitrogens is 2. The summed E-state index contributed by atoms with van der Waals surface area (Å²) in [5.74, 6) is 0.598. The van der Waals surface area contributed by atoms with E-state index in [1.807, 2.05) is 4.90 Å². The quantitative estimate of drug-likeness (QED) is 0.841. The van der Waals surface area contributed by atoms with E-state index in [0.29, 0.717) is 5.92 Å². The van der Waals surface area contributed by atoms with Crippen LogP contribution in [-0.4, -0.2) is 40.8 Å². The summed E-state index contributed by atoms with van der Waals surface area (Å²) in [4.78, 5) is 15.8. The zero-order chi connectivity index (χ0) is 12.5. The predicted molar refractivity (Wildman–Crippen MR) is 71.1 cm³/mol. The fourth-order valence-corrected chi connectivity index (χ4v) is 3.43. The molecule has 1 saturated carbocycles. The lowest BCUT2D eigenvalue weighted by Crippen LogP contribution is -2.32. The summed E-state index contributed by atoms with van der Waals surface area (Å²) in [5, 5.41) is 10.3. The third kappa shape index (κ3) is 1.98. The molecule has 18 heavy (non-hydrogen) atoms. The van der Waals surface area contributed by atoms with E-state index in [4.69, 9.17) is 0 Å². The maximum atomic E-state index is 12.1. The van der Waals surface area contributed by atoms with E-state index in [1.54, 1.807) is 16.2 Å². The van der Waals surface area contributed by atoms with Crippen molar-refractivity contribution in [3.05, 3.63) is 5.01 Å². The van der Waals surface area contributed by atoms with Gasteiger partial charge in [0.05, 0.1) is 0 Å². The molecule has 1 aromatic rings. The number of rotatable bonds is 4. The molecule has 0 spiro atoms. The maximum Gasteiger partial charge on any atom is 0.326 e. The minimum atomic E-state index is 0.0909. The van der Waals surface area contributed by atoms with Crippen LogP contribution < -0.4 is 4.90 Å². The SMILES string of the molecule is CCCN1CCN(c2nnc(C3CCC3)s2)C1=O. The van der Waals surface area contributed by atoms with E-state index < -0.39 is 0 Å². The van der Waals surface area contributed by atoms with Crippen LogP contribution in [0.2, 0.25) is 0 Å². The van der Waals surface area contributed by atoms with Crippen LogP contribution in [0.5, 0.6) is 0 Å². The lowest BCUT2D eigenvalue weighted by molar-refractivity contribution is 0.220. The summed E-state index contributed by atoms with van der Waals surface area (Å²) in [7, 11) is 0. The Morgan fingerprint density at radius 3 is 2.83 bits per heavy atom. The summed E-state index contributed by atoms with van der Waals surface area (Å²) >= 11 is 1.59. The molecular weight excluding hydrogens is 248 g/mol. The molecule has 1 aliphatic heterocycles. The van der Waals surface area contributed by atoms with Gasteiger partial charge in [-0.3, -0.25) is 4.90 Å². The molecule has 1 saturated heterocycles. The van der Waals surface area contributed by atoms with Gasteiger partial charge in [0.2, 0.25) is 5.13 Å². The summed E-state index contributed by atoms with van der Waals surface area (Å²) in [6.07, 6.45) is 4.75. The van der Waals surface area contributed by atoms with E-state index in [9.17, 15) is 4.79 Å². The number of anilines is 1. The Kier molecular flexibility index (Phi) is 3.20. The van der Waals surface area contributed by atoms with Crippen molar-refractivity contribution in [3.63, 3.8) is 0 Å². The van der Waals surface area contributed by atoms with Gasteiger partial charge in [-0.1, -0.05) is 24.7 Å². The second-order valence-electron chi connectivity index (χ2n) is 4.97. The van der Waals surface area contributed by atoms with Gasteiger partial charge >= 0.3 is 6.03 Å². The highest BCUT2D eigenvalue weighted by atomic mass is 32.1. The van der Waals surface area contributed by atoms with Crippen LogP contribution in [-0.2, 0) is 0 Å². The highest BCUT2D eigenvalue weighted by Crippen LogP contribution is 2.39. The zero-order valence-corrected chi connectivity index (χ0v) is 11.4. The Hall–Kier alpha value is -1.17. The molecule has 6 heteroatoms. The van der Waals surface area contributed by atoms with Gasteiger partial charge in [-0.05, 0) is 19.3 Å². The minimum Gasteiger partial charge on any atom is -0.323 e.